The zero-order chi connectivity index (χ0) is 17.9. The Balaban J connectivity index is 1.30. The number of piperazine rings is 1. The molecular weight excluding hydrogens is 366 g/mol. The topological polar surface area (TPSA) is 28.5 Å². The van der Waals surface area contributed by atoms with Gasteiger partial charge in [-0.15, -0.1) is 0 Å². The monoisotopic (exact) mass is 387 g/mol. The van der Waals surface area contributed by atoms with Crippen LogP contribution in [0.2, 0.25) is 5.02 Å². The molecule has 26 heavy (non-hydrogen) atoms. The number of rotatable bonds is 5. The van der Waals surface area contributed by atoms with Crippen LogP contribution >= 0.6 is 22.9 Å². The van der Waals surface area contributed by atoms with Crippen molar-refractivity contribution >= 4 is 33.2 Å². The quantitative estimate of drug-likeness (QED) is 0.670. The van der Waals surface area contributed by atoms with Gasteiger partial charge >= 0.3 is 4.87 Å². The molecule has 1 aliphatic rings. The fourth-order valence-corrected chi connectivity index (χ4v) is 4.53. The number of nitrogens with zero attached hydrogens (tertiary/aromatic N) is 3. The highest BCUT2D eigenvalue weighted by Crippen LogP contribution is 2.17. The van der Waals surface area contributed by atoms with E-state index < -0.39 is 0 Å². The number of aromatic nitrogens is 1. The van der Waals surface area contributed by atoms with Crippen molar-refractivity contribution in [3.63, 3.8) is 0 Å². The molecule has 0 saturated carbocycles. The zero-order valence-electron chi connectivity index (χ0n) is 14.6. The Bertz CT molecular complexity index is 926. The van der Waals surface area contributed by atoms with Gasteiger partial charge < -0.3 is 0 Å². The molecule has 0 unspecified atom stereocenters. The average Bonchev–Trinajstić information content (AvgIpc) is 2.98. The SMILES string of the molecule is O=c1sc2ccccc2n1CCN1CCN(Cc2ccc(Cl)cc2)CC1. The first-order valence-electron chi connectivity index (χ1n) is 8.96. The van der Waals surface area contributed by atoms with Crippen LogP contribution in [0.5, 0.6) is 0 Å². The molecule has 4 rings (SSSR count). The van der Waals surface area contributed by atoms with Crippen molar-refractivity contribution in [1.29, 1.82) is 0 Å². The predicted molar refractivity (Wildman–Crippen MR) is 109 cm³/mol. The van der Waals surface area contributed by atoms with E-state index in [9.17, 15) is 4.79 Å². The fraction of sp³-hybridized carbons (Fsp3) is 0.350. The largest absolute Gasteiger partial charge is 0.308 e. The second-order valence-electron chi connectivity index (χ2n) is 6.73. The van der Waals surface area contributed by atoms with Gasteiger partial charge in [-0.05, 0) is 29.8 Å². The van der Waals surface area contributed by atoms with Crippen LogP contribution in [0.4, 0.5) is 0 Å². The predicted octanol–water partition coefficient (Wildman–Crippen LogP) is 3.53. The van der Waals surface area contributed by atoms with Gasteiger partial charge in [-0.2, -0.15) is 0 Å². The van der Waals surface area contributed by atoms with Crippen LogP contribution in [0.25, 0.3) is 10.2 Å². The van der Waals surface area contributed by atoms with Crippen molar-refractivity contribution in [3.05, 3.63) is 68.8 Å². The van der Waals surface area contributed by atoms with Gasteiger partial charge in [0.2, 0.25) is 0 Å². The van der Waals surface area contributed by atoms with Crippen LogP contribution in [0.15, 0.2) is 53.3 Å². The molecule has 1 aromatic heterocycles. The van der Waals surface area contributed by atoms with E-state index in [1.165, 1.54) is 16.9 Å². The van der Waals surface area contributed by atoms with Crippen LogP contribution < -0.4 is 4.87 Å². The van der Waals surface area contributed by atoms with E-state index in [2.05, 4.69) is 21.9 Å². The molecule has 1 fully saturated rings. The second-order valence-corrected chi connectivity index (χ2v) is 8.16. The van der Waals surface area contributed by atoms with Crippen molar-refractivity contribution in [2.24, 2.45) is 0 Å². The molecule has 0 N–H and O–H groups in total. The van der Waals surface area contributed by atoms with Crippen LogP contribution in [0.1, 0.15) is 5.56 Å². The van der Waals surface area contributed by atoms with Gasteiger partial charge in [0.1, 0.15) is 0 Å². The van der Waals surface area contributed by atoms with E-state index in [0.29, 0.717) is 0 Å². The van der Waals surface area contributed by atoms with Gasteiger partial charge in [0.15, 0.2) is 0 Å². The number of thiazole rings is 1. The first kappa shape index (κ1) is 17.7. The van der Waals surface area contributed by atoms with Gasteiger partial charge in [0, 0.05) is 50.8 Å². The van der Waals surface area contributed by atoms with Crippen molar-refractivity contribution in [2.45, 2.75) is 13.1 Å². The van der Waals surface area contributed by atoms with Gasteiger partial charge in [0.05, 0.1) is 10.2 Å². The second kappa shape index (κ2) is 7.92. The van der Waals surface area contributed by atoms with E-state index in [-0.39, 0.29) is 4.87 Å². The molecule has 0 spiro atoms. The lowest BCUT2D eigenvalue weighted by molar-refractivity contribution is 0.124. The minimum atomic E-state index is 0.146. The van der Waals surface area contributed by atoms with Gasteiger partial charge in [-0.1, -0.05) is 47.2 Å². The fourth-order valence-electron chi connectivity index (χ4n) is 3.49. The molecule has 4 nitrogen and oxygen atoms in total. The summed E-state index contributed by atoms with van der Waals surface area (Å²) in [7, 11) is 0. The number of para-hydroxylation sites is 1. The maximum atomic E-state index is 12.2. The molecule has 0 bridgehead atoms. The Morgan fingerprint density at radius 3 is 2.35 bits per heavy atom. The standard InChI is InChI=1S/C20H22ClN3OS/c21-17-7-5-16(6-8-17)15-23-11-9-22(10-12-23)13-14-24-18-3-1-2-4-19(18)26-20(24)25/h1-8H,9-15H2. The summed E-state index contributed by atoms with van der Waals surface area (Å²) >= 11 is 7.29. The molecule has 0 radical (unpaired) electrons. The summed E-state index contributed by atoms with van der Waals surface area (Å²) in [5.74, 6) is 0. The van der Waals surface area contributed by atoms with Gasteiger partial charge in [0.25, 0.3) is 0 Å². The Kier molecular flexibility index (Phi) is 5.41. The summed E-state index contributed by atoms with van der Waals surface area (Å²) in [6.45, 7) is 6.87. The van der Waals surface area contributed by atoms with Crippen LogP contribution in [-0.4, -0.2) is 47.1 Å². The summed E-state index contributed by atoms with van der Waals surface area (Å²) in [5, 5.41) is 0.787. The highest BCUT2D eigenvalue weighted by Gasteiger charge is 2.17. The summed E-state index contributed by atoms with van der Waals surface area (Å²) in [5.41, 5.74) is 2.36. The van der Waals surface area contributed by atoms with Crippen molar-refractivity contribution in [1.82, 2.24) is 14.4 Å². The first-order valence-corrected chi connectivity index (χ1v) is 10.2. The zero-order valence-corrected chi connectivity index (χ0v) is 16.2. The maximum Gasteiger partial charge on any atom is 0.308 e. The van der Waals surface area contributed by atoms with Crippen LogP contribution in [0.3, 0.4) is 0 Å². The van der Waals surface area contributed by atoms with E-state index in [1.54, 1.807) is 0 Å². The van der Waals surface area contributed by atoms with Crippen molar-refractivity contribution < 1.29 is 0 Å². The summed E-state index contributed by atoms with van der Waals surface area (Å²) in [6, 6.07) is 16.2. The number of hydrogen-bond donors (Lipinski definition) is 0. The number of halogens is 1. The molecule has 0 amide bonds. The van der Waals surface area contributed by atoms with Crippen molar-refractivity contribution in [2.75, 3.05) is 32.7 Å². The Hall–Kier alpha value is -1.66. The van der Waals surface area contributed by atoms with Crippen molar-refractivity contribution in [3.8, 4) is 0 Å². The summed E-state index contributed by atoms with van der Waals surface area (Å²) in [6.07, 6.45) is 0. The van der Waals surface area contributed by atoms with Crippen LogP contribution in [0, 0.1) is 0 Å². The highest BCUT2D eigenvalue weighted by atomic mass is 35.5. The molecular formula is C20H22ClN3OS. The lowest BCUT2D eigenvalue weighted by Gasteiger charge is -2.34. The third-order valence-corrected chi connectivity index (χ3v) is 6.21. The third-order valence-electron chi connectivity index (χ3n) is 5.00. The normalized spacial score (nSPS) is 16.3. The number of benzene rings is 2. The minimum absolute atomic E-state index is 0.146. The molecule has 2 aromatic carbocycles. The lowest BCUT2D eigenvalue weighted by Crippen LogP contribution is -2.46. The third kappa shape index (κ3) is 4.01. The minimum Gasteiger partial charge on any atom is -0.299 e. The van der Waals surface area contributed by atoms with E-state index in [1.807, 2.05) is 41.0 Å². The van der Waals surface area contributed by atoms with Gasteiger partial charge in [-0.25, -0.2) is 0 Å². The molecule has 6 heteroatoms. The number of fused-ring (bicyclic) bond motifs is 1. The lowest BCUT2D eigenvalue weighted by atomic mass is 10.2. The van der Waals surface area contributed by atoms with Gasteiger partial charge in [-0.3, -0.25) is 19.2 Å². The van der Waals surface area contributed by atoms with E-state index in [4.69, 9.17) is 11.6 Å². The molecule has 3 aromatic rings. The smallest absolute Gasteiger partial charge is 0.299 e. The van der Waals surface area contributed by atoms with E-state index in [0.717, 1.165) is 61.1 Å². The molecule has 2 heterocycles. The average molecular weight is 388 g/mol. The summed E-state index contributed by atoms with van der Waals surface area (Å²) < 4.78 is 2.99. The number of hydrogen-bond acceptors (Lipinski definition) is 4. The van der Waals surface area contributed by atoms with Crippen LogP contribution in [-0.2, 0) is 13.1 Å². The molecule has 1 aliphatic heterocycles. The molecule has 0 aliphatic carbocycles. The molecule has 0 atom stereocenters. The first-order chi connectivity index (χ1) is 12.7. The molecule has 1 saturated heterocycles. The Morgan fingerprint density at radius 1 is 0.885 bits per heavy atom. The maximum absolute atomic E-state index is 12.2. The molecule has 136 valence electrons. The highest BCUT2D eigenvalue weighted by molar-refractivity contribution is 7.16. The summed E-state index contributed by atoms with van der Waals surface area (Å²) in [4.78, 5) is 17.3. The Labute approximate surface area is 162 Å². The Morgan fingerprint density at radius 2 is 1.58 bits per heavy atom. The van der Waals surface area contributed by atoms with E-state index >= 15 is 0 Å².